The number of carbonyl (C=O) groups excluding carboxylic acids is 1. The van der Waals surface area contributed by atoms with E-state index in [0.717, 1.165) is 11.1 Å². The summed E-state index contributed by atoms with van der Waals surface area (Å²) in [5.41, 5.74) is 1.86. The van der Waals surface area contributed by atoms with Gasteiger partial charge in [-0.3, -0.25) is 0 Å². The van der Waals surface area contributed by atoms with Crippen molar-refractivity contribution >= 4 is 5.78 Å². The normalized spacial score (nSPS) is 10.0. The molecule has 0 fully saturated rings. The van der Waals surface area contributed by atoms with Crippen LogP contribution in [0, 0.1) is 11.6 Å². The average molecular weight is 302 g/mol. The number of ketones is 1. The Hall–Kier alpha value is -2.29. The van der Waals surface area contributed by atoms with Crippen LogP contribution in [0.25, 0.3) is 0 Å². The van der Waals surface area contributed by atoms with Gasteiger partial charge in [-0.25, -0.2) is 8.78 Å². The van der Waals surface area contributed by atoms with Gasteiger partial charge in [0.2, 0.25) is 0 Å². The highest BCUT2D eigenvalue weighted by Gasteiger charge is 2.15. The number of carbonyl (C=O) groups is 1. The summed E-state index contributed by atoms with van der Waals surface area (Å²) in [6.45, 7) is 7.55. The molecule has 0 aliphatic rings. The summed E-state index contributed by atoms with van der Waals surface area (Å²) >= 11 is 0. The number of halogens is 2. The van der Waals surface area contributed by atoms with Crippen molar-refractivity contribution in [1.82, 2.24) is 0 Å². The van der Waals surface area contributed by atoms with Crippen molar-refractivity contribution in [3.63, 3.8) is 0 Å². The third-order valence-corrected chi connectivity index (χ3v) is 3.33. The van der Waals surface area contributed by atoms with Gasteiger partial charge in [-0.2, -0.15) is 0 Å². The van der Waals surface area contributed by atoms with Crippen molar-refractivity contribution in [2.45, 2.75) is 25.7 Å². The summed E-state index contributed by atoms with van der Waals surface area (Å²) in [5, 5.41) is 0. The van der Waals surface area contributed by atoms with Crippen LogP contribution in [0.3, 0.4) is 0 Å². The highest BCUT2D eigenvalue weighted by atomic mass is 19.1. The van der Waals surface area contributed by atoms with E-state index in [1.165, 1.54) is 24.3 Å². The van der Waals surface area contributed by atoms with Crippen LogP contribution in [0.2, 0.25) is 0 Å². The maximum Gasteiger partial charge on any atom is 0.129 e. The first-order valence-corrected chi connectivity index (χ1v) is 7.06. The van der Waals surface area contributed by atoms with Gasteiger partial charge in [0, 0.05) is 12.3 Å². The van der Waals surface area contributed by atoms with Crippen LogP contribution < -0.4 is 0 Å². The number of Topliss-reactive ketones (excluding diaryl/α,β-unsaturated/α-hetero) is 1. The van der Waals surface area contributed by atoms with Crippen molar-refractivity contribution in [2.75, 3.05) is 0 Å². The molecule has 22 heavy (non-hydrogen) atoms. The molecule has 2 aromatic rings. The molecule has 0 radical (unpaired) electrons. The third kappa shape index (κ3) is 5.24. The number of hydrogen-bond acceptors (Lipinski definition) is 1. The largest absolute Gasteiger partial charge is 0.300 e. The van der Waals surface area contributed by atoms with Crippen LogP contribution >= 0.6 is 0 Å². The Bertz CT molecular complexity index is 542. The Morgan fingerprint density at radius 1 is 0.909 bits per heavy atom. The molecule has 0 aliphatic heterocycles. The summed E-state index contributed by atoms with van der Waals surface area (Å²) in [6.07, 6.45) is 1.08. The summed E-state index contributed by atoms with van der Waals surface area (Å²) in [4.78, 5) is 11.2. The summed E-state index contributed by atoms with van der Waals surface area (Å²) < 4.78 is 26.0. The summed E-state index contributed by atoms with van der Waals surface area (Å²) in [6, 6.07) is 12.5. The Morgan fingerprint density at radius 3 is 1.59 bits per heavy atom. The number of rotatable bonds is 5. The molecule has 0 aliphatic carbocycles. The molecule has 0 heterocycles. The lowest BCUT2D eigenvalue weighted by Crippen LogP contribution is -2.04. The minimum Gasteiger partial charge on any atom is -0.300 e. The van der Waals surface area contributed by atoms with E-state index >= 15 is 0 Å². The van der Waals surface area contributed by atoms with Gasteiger partial charge in [-0.15, -0.1) is 13.2 Å². The van der Waals surface area contributed by atoms with Crippen molar-refractivity contribution in [3.8, 4) is 0 Å². The minimum atomic E-state index is -0.293. The highest BCUT2D eigenvalue weighted by molar-refractivity contribution is 5.75. The molecule has 3 heteroatoms. The first kappa shape index (κ1) is 17.8. The fourth-order valence-electron chi connectivity index (χ4n) is 2.26. The van der Waals surface area contributed by atoms with E-state index in [2.05, 4.69) is 13.2 Å². The molecule has 0 atom stereocenters. The molecular weight excluding hydrogens is 282 g/mol. The van der Waals surface area contributed by atoms with E-state index in [-0.39, 0.29) is 23.3 Å². The van der Waals surface area contributed by atoms with Crippen LogP contribution in [0.4, 0.5) is 8.78 Å². The quantitative estimate of drug-likeness (QED) is 0.688. The van der Waals surface area contributed by atoms with Crippen molar-refractivity contribution < 1.29 is 13.6 Å². The second-order valence-corrected chi connectivity index (χ2v) is 4.90. The smallest absolute Gasteiger partial charge is 0.129 e. The Morgan fingerprint density at radius 2 is 1.27 bits per heavy atom. The van der Waals surface area contributed by atoms with E-state index in [9.17, 15) is 13.6 Å². The topological polar surface area (TPSA) is 17.1 Å². The second kappa shape index (κ2) is 8.88. The second-order valence-electron chi connectivity index (χ2n) is 4.90. The van der Waals surface area contributed by atoms with Gasteiger partial charge in [0.05, 0.1) is 0 Å². The standard InChI is InChI=1S/C17H16F2O.C2H4/c1-12(20)2-11-17(13-3-7-15(18)8-4-13)14-5-9-16(19)10-6-14;1-2/h3-10,17H,2,11H2,1H3;1-2H2. The van der Waals surface area contributed by atoms with Gasteiger partial charge in [0.15, 0.2) is 0 Å². The lowest BCUT2D eigenvalue weighted by atomic mass is 9.87. The molecule has 0 saturated heterocycles. The van der Waals surface area contributed by atoms with Crippen LogP contribution in [0.1, 0.15) is 36.8 Å². The predicted octanol–water partition coefficient (Wildman–Crippen LogP) is 5.27. The predicted molar refractivity (Wildman–Crippen MR) is 85.8 cm³/mol. The molecule has 0 bridgehead atoms. The van der Waals surface area contributed by atoms with Crippen LogP contribution in [-0.4, -0.2) is 5.78 Å². The number of benzene rings is 2. The molecule has 0 aromatic heterocycles. The van der Waals surface area contributed by atoms with Gasteiger partial charge in [-0.05, 0) is 48.7 Å². The van der Waals surface area contributed by atoms with Gasteiger partial charge >= 0.3 is 0 Å². The van der Waals surface area contributed by atoms with Crippen molar-refractivity contribution in [3.05, 3.63) is 84.5 Å². The molecule has 0 saturated carbocycles. The molecule has 0 unspecified atom stereocenters. The zero-order valence-electron chi connectivity index (χ0n) is 12.7. The van der Waals surface area contributed by atoms with Crippen LogP contribution in [0.15, 0.2) is 61.7 Å². The highest BCUT2D eigenvalue weighted by Crippen LogP contribution is 2.29. The SMILES string of the molecule is C=C.CC(=O)CCC(c1ccc(F)cc1)c1ccc(F)cc1. The Balaban J connectivity index is 0.00000116. The van der Waals surface area contributed by atoms with Gasteiger partial charge in [0.25, 0.3) is 0 Å². The molecule has 116 valence electrons. The first-order chi connectivity index (χ1) is 10.6. The maximum atomic E-state index is 13.0. The summed E-state index contributed by atoms with van der Waals surface area (Å²) in [7, 11) is 0. The maximum absolute atomic E-state index is 13.0. The van der Waals surface area contributed by atoms with E-state index in [1.54, 1.807) is 31.2 Å². The molecule has 0 N–H and O–H groups in total. The summed E-state index contributed by atoms with van der Waals surface area (Å²) in [5.74, 6) is -0.504. The van der Waals surface area contributed by atoms with E-state index < -0.39 is 0 Å². The molecule has 1 nitrogen and oxygen atoms in total. The van der Waals surface area contributed by atoms with E-state index in [0.29, 0.717) is 12.8 Å². The van der Waals surface area contributed by atoms with Crippen molar-refractivity contribution in [2.24, 2.45) is 0 Å². The van der Waals surface area contributed by atoms with Gasteiger partial charge in [0.1, 0.15) is 17.4 Å². The lowest BCUT2D eigenvalue weighted by molar-refractivity contribution is -0.117. The lowest BCUT2D eigenvalue weighted by Gasteiger charge is -2.17. The van der Waals surface area contributed by atoms with E-state index in [1.807, 2.05) is 0 Å². The fraction of sp³-hybridized carbons (Fsp3) is 0.211. The van der Waals surface area contributed by atoms with Crippen LogP contribution in [-0.2, 0) is 4.79 Å². The molecule has 2 rings (SSSR count). The molecule has 0 spiro atoms. The van der Waals surface area contributed by atoms with Crippen LogP contribution in [0.5, 0.6) is 0 Å². The average Bonchev–Trinajstić information content (AvgIpc) is 2.52. The fourth-order valence-corrected chi connectivity index (χ4v) is 2.26. The Kier molecular flexibility index (Phi) is 7.17. The first-order valence-electron chi connectivity index (χ1n) is 7.06. The monoisotopic (exact) mass is 302 g/mol. The minimum absolute atomic E-state index is 0.0277. The molecule has 0 amide bonds. The van der Waals surface area contributed by atoms with Gasteiger partial charge < -0.3 is 4.79 Å². The molecular formula is C19H20F2O. The Labute approximate surface area is 130 Å². The van der Waals surface area contributed by atoms with Crippen molar-refractivity contribution in [1.29, 1.82) is 0 Å². The zero-order valence-corrected chi connectivity index (χ0v) is 12.7. The zero-order chi connectivity index (χ0) is 16.5. The third-order valence-electron chi connectivity index (χ3n) is 3.33. The number of hydrogen-bond donors (Lipinski definition) is 0. The molecule has 2 aromatic carbocycles. The van der Waals surface area contributed by atoms with Gasteiger partial charge in [-0.1, -0.05) is 24.3 Å². The van der Waals surface area contributed by atoms with E-state index in [4.69, 9.17) is 0 Å².